The van der Waals surface area contributed by atoms with E-state index in [-0.39, 0.29) is 25.7 Å². The van der Waals surface area contributed by atoms with Crippen LogP contribution in [0.5, 0.6) is 0 Å². The second kappa shape index (κ2) is 83.0. The molecule has 17 nitrogen and oxygen atoms in total. The summed E-state index contributed by atoms with van der Waals surface area (Å²) >= 11 is 0. The van der Waals surface area contributed by atoms with Gasteiger partial charge in [0.1, 0.15) is 19.3 Å². The van der Waals surface area contributed by atoms with E-state index in [1.165, 1.54) is 321 Å². The summed E-state index contributed by atoms with van der Waals surface area (Å²) in [5.41, 5.74) is 0. The molecular weight excluding hydrogens is 1400 g/mol. The topological polar surface area (TPSA) is 237 Å². The predicted molar refractivity (Wildman–Crippen MR) is 446 cm³/mol. The third-order valence-corrected chi connectivity index (χ3v) is 23.0. The highest BCUT2D eigenvalue weighted by Gasteiger charge is 2.30. The predicted octanol–water partition coefficient (Wildman–Crippen LogP) is 27.7. The molecule has 0 rings (SSSR count). The number of carbonyl (C=O) groups is 4. The van der Waals surface area contributed by atoms with E-state index in [4.69, 9.17) is 37.0 Å². The first-order valence-corrected chi connectivity index (χ1v) is 49.3. The summed E-state index contributed by atoms with van der Waals surface area (Å²) in [6.07, 6.45) is 79.3. The average Bonchev–Trinajstić information content (AvgIpc) is 0.900. The smallest absolute Gasteiger partial charge is 0.462 e. The summed E-state index contributed by atoms with van der Waals surface area (Å²) in [7, 11) is -9.93. The van der Waals surface area contributed by atoms with Crippen molar-refractivity contribution >= 4 is 39.5 Å². The summed E-state index contributed by atoms with van der Waals surface area (Å²) in [5.74, 6) is -2.10. The van der Waals surface area contributed by atoms with Crippen LogP contribution >= 0.6 is 15.6 Å². The van der Waals surface area contributed by atoms with E-state index in [0.717, 1.165) is 89.9 Å². The summed E-state index contributed by atoms with van der Waals surface area (Å²) < 4.78 is 69.0. The number of hydrogen-bond acceptors (Lipinski definition) is 15. The van der Waals surface area contributed by atoms with Gasteiger partial charge >= 0.3 is 39.5 Å². The highest BCUT2D eigenvalue weighted by molar-refractivity contribution is 7.47. The zero-order valence-corrected chi connectivity index (χ0v) is 72.6. The highest BCUT2D eigenvalue weighted by atomic mass is 31.2. The number of aliphatic hydroxyl groups excluding tert-OH is 1. The van der Waals surface area contributed by atoms with Crippen LogP contribution in [0.4, 0.5) is 0 Å². The van der Waals surface area contributed by atoms with Crippen molar-refractivity contribution in [2.45, 2.75) is 508 Å². The lowest BCUT2D eigenvalue weighted by Gasteiger charge is -2.21. The van der Waals surface area contributed by atoms with Gasteiger partial charge in [0.2, 0.25) is 0 Å². The monoisotopic (exact) mass is 1580 g/mol. The fraction of sp³-hybridized carbons (Fsp3) is 0.955. The molecule has 0 radical (unpaired) electrons. The maximum atomic E-state index is 13.2. The van der Waals surface area contributed by atoms with Crippen molar-refractivity contribution in [3.05, 3.63) is 0 Å². The maximum absolute atomic E-state index is 13.2. The van der Waals surface area contributed by atoms with E-state index >= 15 is 0 Å². The quantitative estimate of drug-likeness (QED) is 0.0222. The van der Waals surface area contributed by atoms with Crippen LogP contribution in [0.3, 0.4) is 0 Å². The molecule has 0 aromatic heterocycles. The molecule has 0 aliphatic rings. The van der Waals surface area contributed by atoms with E-state index in [0.29, 0.717) is 25.7 Å². The molecule has 642 valence electrons. The Hall–Kier alpha value is -1.94. The minimum Gasteiger partial charge on any atom is -0.462 e. The zero-order valence-electron chi connectivity index (χ0n) is 70.8. The number of esters is 4. The Bertz CT molecular complexity index is 2030. The maximum Gasteiger partial charge on any atom is 0.472 e. The lowest BCUT2D eigenvalue weighted by atomic mass is 10.0. The zero-order chi connectivity index (χ0) is 78.9. The van der Waals surface area contributed by atoms with Gasteiger partial charge in [-0.25, -0.2) is 9.13 Å². The summed E-state index contributed by atoms with van der Waals surface area (Å²) in [6, 6.07) is 0. The van der Waals surface area contributed by atoms with Gasteiger partial charge < -0.3 is 33.8 Å². The van der Waals surface area contributed by atoms with Crippen LogP contribution in [0.25, 0.3) is 0 Å². The molecule has 5 atom stereocenters. The molecule has 0 saturated carbocycles. The third kappa shape index (κ3) is 82.1. The van der Waals surface area contributed by atoms with Crippen LogP contribution in [0.2, 0.25) is 0 Å². The largest absolute Gasteiger partial charge is 0.472 e. The molecule has 0 aromatic rings. The van der Waals surface area contributed by atoms with E-state index < -0.39 is 97.5 Å². The van der Waals surface area contributed by atoms with Crippen molar-refractivity contribution in [2.24, 2.45) is 0 Å². The summed E-state index contributed by atoms with van der Waals surface area (Å²) in [5, 5.41) is 10.7. The third-order valence-electron chi connectivity index (χ3n) is 21.1. The number of unbranched alkanes of at least 4 members (excludes halogenated alkanes) is 64. The van der Waals surface area contributed by atoms with Crippen LogP contribution in [0.1, 0.15) is 490 Å². The van der Waals surface area contributed by atoms with E-state index in [1.54, 1.807) is 0 Å². The van der Waals surface area contributed by atoms with E-state index in [2.05, 4.69) is 27.7 Å². The normalized spacial score (nSPS) is 13.7. The molecule has 3 N–H and O–H groups in total. The van der Waals surface area contributed by atoms with Gasteiger partial charge in [-0.1, -0.05) is 439 Å². The molecule has 0 aliphatic heterocycles. The molecule has 2 unspecified atom stereocenters. The number of carbonyl (C=O) groups excluding carboxylic acids is 4. The van der Waals surface area contributed by atoms with Gasteiger partial charge in [-0.3, -0.25) is 37.3 Å². The lowest BCUT2D eigenvalue weighted by Crippen LogP contribution is -2.30. The fourth-order valence-corrected chi connectivity index (χ4v) is 15.6. The lowest BCUT2D eigenvalue weighted by molar-refractivity contribution is -0.161. The van der Waals surface area contributed by atoms with Gasteiger partial charge in [-0.2, -0.15) is 0 Å². The van der Waals surface area contributed by atoms with Crippen molar-refractivity contribution < 1.29 is 80.2 Å². The molecular formula is C89H174O17P2. The molecule has 0 amide bonds. The van der Waals surface area contributed by atoms with Crippen molar-refractivity contribution in [1.29, 1.82) is 0 Å². The van der Waals surface area contributed by atoms with Crippen molar-refractivity contribution in [3.63, 3.8) is 0 Å². The van der Waals surface area contributed by atoms with Crippen LogP contribution < -0.4 is 0 Å². The Morgan fingerprint density at radius 2 is 0.370 bits per heavy atom. The molecule has 108 heavy (non-hydrogen) atoms. The molecule has 0 spiro atoms. The van der Waals surface area contributed by atoms with Gasteiger partial charge in [-0.05, 0) is 25.7 Å². The van der Waals surface area contributed by atoms with Gasteiger partial charge in [0.05, 0.1) is 26.4 Å². The first-order chi connectivity index (χ1) is 52.7. The molecule has 0 fully saturated rings. The molecule has 0 bridgehead atoms. The van der Waals surface area contributed by atoms with Crippen LogP contribution in [0, 0.1) is 0 Å². The van der Waals surface area contributed by atoms with Crippen LogP contribution in [-0.4, -0.2) is 96.7 Å². The Kier molecular flexibility index (Phi) is 81.5. The van der Waals surface area contributed by atoms with Crippen molar-refractivity contribution in [2.75, 3.05) is 39.6 Å². The first kappa shape index (κ1) is 106. The second-order valence-corrected chi connectivity index (χ2v) is 34.9. The van der Waals surface area contributed by atoms with Gasteiger partial charge in [0, 0.05) is 25.7 Å². The van der Waals surface area contributed by atoms with Crippen molar-refractivity contribution in [3.8, 4) is 0 Å². The number of ether oxygens (including phenoxy) is 4. The van der Waals surface area contributed by atoms with E-state index in [9.17, 15) is 43.2 Å². The minimum atomic E-state index is -4.97. The molecule has 0 aliphatic carbocycles. The minimum absolute atomic E-state index is 0.109. The van der Waals surface area contributed by atoms with Crippen molar-refractivity contribution in [1.82, 2.24) is 0 Å². The number of phosphoric ester groups is 2. The molecule has 0 heterocycles. The van der Waals surface area contributed by atoms with E-state index in [1.807, 2.05) is 0 Å². The fourth-order valence-electron chi connectivity index (χ4n) is 14.1. The Balaban J connectivity index is 5.19. The number of aliphatic hydroxyl groups is 1. The molecule has 0 aromatic carbocycles. The SMILES string of the molecule is CCCCCCCCCCCCCCCCCCCCCCC(=O)OC[C@H](COP(=O)(O)OC[C@@H](O)COP(=O)(O)OC[C@@H](COC(=O)CCCCCCCCCCC)OC(=O)CCCCCCCCCCCCCCCCCCCCC)OC(=O)CCCCCCCCCCCCCCCCCCCCCC. The summed E-state index contributed by atoms with van der Waals surface area (Å²) in [6.45, 7) is 5.06. The second-order valence-electron chi connectivity index (χ2n) is 32.0. The summed E-state index contributed by atoms with van der Waals surface area (Å²) in [4.78, 5) is 73.3. The van der Waals surface area contributed by atoms with Gasteiger partial charge in [0.25, 0.3) is 0 Å². The van der Waals surface area contributed by atoms with Crippen LogP contribution in [0.15, 0.2) is 0 Å². The number of rotatable bonds is 90. The first-order valence-electron chi connectivity index (χ1n) is 46.3. The Labute approximate surface area is 664 Å². The highest BCUT2D eigenvalue weighted by Crippen LogP contribution is 2.45. The number of phosphoric acid groups is 2. The Morgan fingerprint density at radius 1 is 0.222 bits per heavy atom. The van der Waals surface area contributed by atoms with Crippen LogP contribution in [-0.2, 0) is 65.4 Å². The molecule has 0 saturated heterocycles. The standard InChI is InChI=1S/C89H174O17P2/c1-5-9-13-17-21-25-28-31-34-37-40-43-45-48-51-54-58-62-66-70-74-87(92)100-80-85(106-89(94)76-72-68-64-60-56-53-50-47-44-41-38-35-32-29-26-22-18-14-10-6-2)82-104-108(97,98)102-78-83(90)77-101-107(95,96)103-81-84(79-99-86(91)73-69-65-61-57-24-20-16-12-8-4)105-88(93)75-71-67-63-59-55-52-49-46-42-39-36-33-30-27-23-19-15-11-7-3/h83-85,90H,5-82H2,1-4H3,(H,95,96)(H,97,98)/t83-,84+,85+/m0/s1. The van der Waals surface area contributed by atoms with Gasteiger partial charge in [-0.15, -0.1) is 0 Å². The van der Waals surface area contributed by atoms with Gasteiger partial charge in [0.15, 0.2) is 12.2 Å². The Morgan fingerprint density at radius 3 is 0.546 bits per heavy atom. The average molecular weight is 1580 g/mol. The number of hydrogen-bond donors (Lipinski definition) is 3. The molecule has 19 heteroatoms.